The molecule has 0 heterocycles. The van der Waals surface area contributed by atoms with Gasteiger partial charge in [-0.25, -0.2) is 0 Å². The molecule has 0 aliphatic carbocycles. The van der Waals surface area contributed by atoms with Crippen LogP contribution in [0.15, 0.2) is 42.5 Å². The Bertz CT molecular complexity index is 548. The highest BCUT2D eigenvalue weighted by Gasteiger charge is 2.07. The Morgan fingerprint density at radius 3 is 2.55 bits per heavy atom. The van der Waals surface area contributed by atoms with Crippen molar-refractivity contribution < 1.29 is 14.3 Å². The molecule has 1 rings (SSSR count). The molecule has 1 aromatic rings. The largest absolute Gasteiger partial charge is 0.495 e. The number of nitrogens with one attached hydrogen (secondary N) is 2. The highest BCUT2D eigenvalue weighted by Crippen LogP contribution is 2.27. The summed E-state index contributed by atoms with van der Waals surface area (Å²) in [6.07, 6.45) is 6.62. The molecule has 2 N–H and O–H groups in total. The van der Waals surface area contributed by atoms with E-state index in [0.29, 0.717) is 17.1 Å². The zero-order valence-electron chi connectivity index (χ0n) is 11.8. The van der Waals surface area contributed by atoms with E-state index in [2.05, 4.69) is 10.6 Å². The van der Waals surface area contributed by atoms with Crippen LogP contribution in [-0.4, -0.2) is 18.9 Å². The molecule has 20 heavy (non-hydrogen) atoms. The van der Waals surface area contributed by atoms with Gasteiger partial charge >= 0.3 is 0 Å². The van der Waals surface area contributed by atoms with Crippen molar-refractivity contribution in [1.29, 1.82) is 0 Å². The molecule has 106 valence electrons. The molecule has 0 fully saturated rings. The third kappa shape index (κ3) is 4.97. The van der Waals surface area contributed by atoms with Crippen molar-refractivity contribution in [2.24, 2.45) is 0 Å². The maximum atomic E-state index is 11.7. The lowest BCUT2D eigenvalue weighted by Crippen LogP contribution is -2.10. The quantitative estimate of drug-likeness (QED) is 0.641. The molecule has 0 aromatic heterocycles. The third-order valence-electron chi connectivity index (χ3n) is 2.33. The second-order valence-electron chi connectivity index (χ2n) is 3.97. The second-order valence-corrected chi connectivity index (χ2v) is 3.97. The Morgan fingerprint density at radius 1 is 1.20 bits per heavy atom. The van der Waals surface area contributed by atoms with Gasteiger partial charge in [0.1, 0.15) is 5.75 Å². The number of benzene rings is 1. The zero-order valence-corrected chi connectivity index (χ0v) is 11.8. The number of rotatable bonds is 5. The Morgan fingerprint density at radius 2 is 1.95 bits per heavy atom. The SMILES string of the molecule is C/C=C/C=C\C(=O)Nc1cc(NC(C)=O)ccc1OC. The van der Waals surface area contributed by atoms with Crippen molar-refractivity contribution >= 4 is 23.2 Å². The first kappa shape index (κ1) is 15.5. The average molecular weight is 274 g/mol. The predicted molar refractivity (Wildman–Crippen MR) is 79.9 cm³/mol. The number of amides is 2. The van der Waals surface area contributed by atoms with Crippen molar-refractivity contribution in [3.8, 4) is 5.75 Å². The van der Waals surface area contributed by atoms with Gasteiger partial charge in [0, 0.05) is 18.7 Å². The molecule has 0 bridgehead atoms. The molecular weight excluding hydrogens is 256 g/mol. The highest BCUT2D eigenvalue weighted by atomic mass is 16.5. The van der Waals surface area contributed by atoms with E-state index < -0.39 is 0 Å². The van der Waals surface area contributed by atoms with Gasteiger partial charge in [-0.05, 0) is 25.1 Å². The van der Waals surface area contributed by atoms with E-state index in [1.54, 1.807) is 30.4 Å². The molecule has 5 nitrogen and oxygen atoms in total. The summed E-state index contributed by atoms with van der Waals surface area (Å²) in [6.45, 7) is 3.28. The molecular formula is C15H18N2O3. The third-order valence-corrected chi connectivity index (χ3v) is 2.33. The van der Waals surface area contributed by atoms with Crippen LogP contribution in [0.3, 0.4) is 0 Å². The van der Waals surface area contributed by atoms with Crippen LogP contribution < -0.4 is 15.4 Å². The van der Waals surface area contributed by atoms with Crippen LogP contribution in [0.4, 0.5) is 11.4 Å². The van der Waals surface area contributed by atoms with Gasteiger partial charge in [0.25, 0.3) is 0 Å². The first-order valence-corrected chi connectivity index (χ1v) is 6.12. The van der Waals surface area contributed by atoms with Crippen molar-refractivity contribution in [3.63, 3.8) is 0 Å². The van der Waals surface area contributed by atoms with E-state index >= 15 is 0 Å². The fourth-order valence-corrected chi connectivity index (χ4v) is 1.52. The Hall–Kier alpha value is -2.56. The molecule has 0 radical (unpaired) electrons. The molecule has 0 spiro atoms. The molecule has 0 aliphatic heterocycles. The number of allylic oxidation sites excluding steroid dienone is 3. The first-order valence-electron chi connectivity index (χ1n) is 6.12. The minimum Gasteiger partial charge on any atom is -0.495 e. The Labute approximate surface area is 118 Å². The zero-order chi connectivity index (χ0) is 15.0. The maximum absolute atomic E-state index is 11.7. The summed E-state index contributed by atoms with van der Waals surface area (Å²) in [4.78, 5) is 22.7. The summed E-state index contributed by atoms with van der Waals surface area (Å²) in [6, 6.07) is 5.02. The second kappa shape index (κ2) is 7.78. The standard InChI is InChI=1S/C15H18N2O3/c1-4-5-6-7-15(19)17-13-10-12(16-11(2)18)8-9-14(13)20-3/h4-10H,1-3H3,(H,16,18)(H,17,19)/b5-4+,7-6-. The smallest absolute Gasteiger partial charge is 0.248 e. The van der Waals surface area contributed by atoms with Gasteiger partial charge in [-0.2, -0.15) is 0 Å². The lowest BCUT2D eigenvalue weighted by molar-refractivity contribution is -0.114. The van der Waals surface area contributed by atoms with E-state index in [-0.39, 0.29) is 11.8 Å². The molecule has 0 saturated carbocycles. The number of hydrogen-bond donors (Lipinski definition) is 2. The molecule has 0 atom stereocenters. The lowest BCUT2D eigenvalue weighted by Gasteiger charge is -2.11. The summed E-state index contributed by atoms with van der Waals surface area (Å²) in [5, 5.41) is 5.35. The number of anilines is 2. The Kier molecular flexibility index (Phi) is 6.03. The normalized spacial score (nSPS) is 10.8. The van der Waals surface area contributed by atoms with Crippen molar-refractivity contribution in [1.82, 2.24) is 0 Å². The number of methoxy groups -OCH3 is 1. The van der Waals surface area contributed by atoms with E-state index in [1.165, 1.54) is 20.1 Å². The molecule has 0 aliphatic rings. The van der Waals surface area contributed by atoms with E-state index in [9.17, 15) is 9.59 Å². The maximum Gasteiger partial charge on any atom is 0.248 e. The summed E-state index contributed by atoms with van der Waals surface area (Å²) in [5.74, 6) is 0.0636. The fraction of sp³-hybridized carbons (Fsp3) is 0.200. The van der Waals surface area contributed by atoms with Crippen LogP contribution in [0.1, 0.15) is 13.8 Å². The highest BCUT2D eigenvalue weighted by molar-refractivity contribution is 6.01. The molecule has 5 heteroatoms. The summed E-state index contributed by atoms with van der Waals surface area (Å²) < 4.78 is 5.17. The van der Waals surface area contributed by atoms with Crippen LogP contribution >= 0.6 is 0 Å². The summed E-state index contributed by atoms with van der Waals surface area (Å²) in [7, 11) is 1.51. The van der Waals surface area contributed by atoms with Gasteiger partial charge in [0.15, 0.2) is 0 Å². The van der Waals surface area contributed by atoms with Crippen LogP contribution in [0.25, 0.3) is 0 Å². The van der Waals surface area contributed by atoms with Crippen LogP contribution in [-0.2, 0) is 9.59 Å². The summed E-state index contributed by atoms with van der Waals surface area (Å²) in [5.41, 5.74) is 1.08. The molecule has 2 amide bonds. The first-order chi connectivity index (χ1) is 9.56. The summed E-state index contributed by atoms with van der Waals surface area (Å²) >= 11 is 0. The molecule has 0 saturated heterocycles. The predicted octanol–water partition coefficient (Wildman–Crippen LogP) is 2.72. The number of carbonyl (C=O) groups is 2. The van der Waals surface area contributed by atoms with Gasteiger partial charge < -0.3 is 15.4 Å². The van der Waals surface area contributed by atoms with E-state index in [1.807, 2.05) is 13.0 Å². The van der Waals surface area contributed by atoms with Gasteiger partial charge in [-0.3, -0.25) is 9.59 Å². The number of carbonyl (C=O) groups excluding carboxylic acids is 2. The van der Waals surface area contributed by atoms with Crippen molar-refractivity contribution in [3.05, 3.63) is 42.5 Å². The topological polar surface area (TPSA) is 67.4 Å². The minimum absolute atomic E-state index is 0.180. The van der Waals surface area contributed by atoms with Gasteiger partial charge in [-0.15, -0.1) is 0 Å². The molecule has 1 aromatic carbocycles. The number of hydrogen-bond acceptors (Lipinski definition) is 3. The van der Waals surface area contributed by atoms with Gasteiger partial charge in [0.05, 0.1) is 12.8 Å². The molecule has 0 unspecified atom stereocenters. The van der Waals surface area contributed by atoms with Crippen LogP contribution in [0.2, 0.25) is 0 Å². The lowest BCUT2D eigenvalue weighted by atomic mass is 10.2. The van der Waals surface area contributed by atoms with Crippen LogP contribution in [0.5, 0.6) is 5.75 Å². The number of ether oxygens (including phenoxy) is 1. The van der Waals surface area contributed by atoms with Crippen LogP contribution in [0, 0.1) is 0 Å². The van der Waals surface area contributed by atoms with Gasteiger partial charge in [0.2, 0.25) is 11.8 Å². The van der Waals surface area contributed by atoms with Gasteiger partial charge in [-0.1, -0.05) is 18.2 Å². The Balaban J connectivity index is 2.90. The fourth-order valence-electron chi connectivity index (χ4n) is 1.52. The van der Waals surface area contributed by atoms with E-state index in [0.717, 1.165) is 0 Å². The van der Waals surface area contributed by atoms with Crippen molar-refractivity contribution in [2.45, 2.75) is 13.8 Å². The van der Waals surface area contributed by atoms with Crippen molar-refractivity contribution in [2.75, 3.05) is 17.7 Å². The van der Waals surface area contributed by atoms with E-state index in [4.69, 9.17) is 4.74 Å². The monoisotopic (exact) mass is 274 g/mol. The average Bonchev–Trinajstić information content (AvgIpc) is 2.38. The minimum atomic E-state index is -0.277.